The standard InChI is InChI=1S/C11H14ClN3S2/c1-16-6-3-2-5-13-9-8-4-7-17-10(8)15-11(12)14-9/h4,7H,2-3,5-6H2,1H3,(H,13,14,15). The zero-order chi connectivity index (χ0) is 12.1. The Morgan fingerprint density at radius 2 is 2.29 bits per heavy atom. The molecule has 0 unspecified atom stereocenters. The van der Waals surface area contributed by atoms with Gasteiger partial charge >= 0.3 is 0 Å². The van der Waals surface area contributed by atoms with E-state index in [0.717, 1.165) is 29.0 Å². The van der Waals surface area contributed by atoms with E-state index >= 15 is 0 Å². The molecule has 0 saturated carbocycles. The highest BCUT2D eigenvalue weighted by molar-refractivity contribution is 7.98. The van der Waals surface area contributed by atoms with Crippen molar-refractivity contribution in [3.63, 3.8) is 0 Å². The summed E-state index contributed by atoms with van der Waals surface area (Å²) in [6.45, 7) is 0.929. The first kappa shape index (κ1) is 12.9. The van der Waals surface area contributed by atoms with E-state index in [2.05, 4.69) is 21.5 Å². The van der Waals surface area contributed by atoms with Gasteiger partial charge < -0.3 is 5.32 Å². The number of rotatable bonds is 6. The second kappa shape index (κ2) is 6.42. The van der Waals surface area contributed by atoms with Crippen molar-refractivity contribution >= 4 is 50.7 Å². The van der Waals surface area contributed by atoms with Crippen LogP contribution in [-0.4, -0.2) is 28.5 Å². The van der Waals surface area contributed by atoms with Gasteiger partial charge in [-0.2, -0.15) is 11.8 Å². The molecule has 0 spiro atoms. The van der Waals surface area contributed by atoms with Crippen LogP contribution < -0.4 is 5.32 Å². The van der Waals surface area contributed by atoms with Gasteiger partial charge in [-0.15, -0.1) is 11.3 Å². The van der Waals surface area contributed by atoms with Crippen molar-refractivity contribution in [2.45, 2.75) is 12.8 Å². The van der Waals surface area contributed by atoms with Crippen molar-refractivity contribution in [1.29, 1.82) is 0 Å². The number of fused-ring (bicyclic) bond motifs is 1. The Hall–Kier alpha value is -0.520. The molecule has 1 N–H and O–H groups in total. The highest BCUT2D eigenvalue weighted by Crippen LogP contribution is 2.26. The fourth-order valence-electron chi connectivity index (χ4n) is 1.54. The van der Waals surface area contributed by atoms with E-state index in [1.807, 2.05) is 23.2 Å². The molecule has 2 aromatic rings. The zero-order valence-electron chi connectivity index (χ0n) is 9.57. The van der Waals surface area contributed by atoms with E-state index in [4.69, 9.17) is 11.6 Å². The number of anilines is 1. The Morgan fingerprint density at radius 1 is 1.41 bits per heavy atom. The molecule has 2 heterocycles. The molecule has 0 atom stereocenters. The number of thiophene rings is 1. The fourth-order valence-corrected chi connectivity index (χ4v) is 3.02. The van der Waals surface area contributed by atoms with Crippen molar-refractivity contribution in [2.24, 2.45) is 0 Å². The lowest BCUT2D eigenvalue weighted by Crippen LogP contribution is -2.04. The van der Waals surface area contributed by atoms with Crippen LogP contribution in [0.2, 0.25) is 5.28 Å². The molecule has 0 saturated heterocycles. The van der Waals surface area contributed by atoms with E-state index in [1.54, 1.807) is 11.3 Å². The molecule has 0 bridgehead atoms. The number of hydrogen-bond donors (Lipinski definition) is 1. The third kappa shape index (κ3) is 3.47. The van der Waals surface area contributed by atoms with Gasteiger partial charge in [0.15, 0.2) is 0 Å². The summed E-state index contributed by atoms with van der Waals surface area (Å²) in [6, 6.07) is 2.03. The highest BCUT2D eigenvalue weighted by Gasteiger charge is 2.06. The maximum absolute atomic E-state index is 5.88. The quantitative estimate of drug-likeness (QED) is 0.646. The van der Waals surface area contributed by atoms with Crippen molar-refractivity contribution in [1.82, 2.24) is 9.97 Å². The highest BCUT2D eigenvalue weighted by atomic mass is 35.5. The Labute approximate surface area is 114 Å². The monoisotopic (exact) mass is 287 g/mol. The number of halogens is 1. The fraction of sp³-hybridized carbons (Fsp3) is 0.455. The van der Waals surface area contributed by atoms with Gasteiger partial charge in [0.2, 0.25) is 5.28 Å². The largest absolute Gasteiger partial charge is 0.369 e. The lowest BCUT2D eigenvalue weighted by molar-refractivity contribution is 0.840. The van der Waals surface area contributed by atoms with Gasteiger partial charge in [0.25, 0.3) is 0 Å². The molecular formula is C11H14ClN3S2. The Kier molecular flexibility index (Phi) is 4.88. The second-order valence-corrected chi connectivity index (χ2v) is 5.83. The minimum absolute atomic E-state index is 0.312. The smallest absolute Gasteiger partial charge is 0.225 e. The Balaban J connectivity index is 2.00. The van der Waals surface area contributed by atoms with E-state index < -0.39 is 0 Å². The van der Waals surface area contributed by atoms with Crippen molar-refractivity contribution in [3.8, 4) is 0 Å². The van der Waals surface area contributed by atoms with Crippen LogP contribution in [0, 0.1) is 0 Å². The van der Waals surface area contributed by atoms with E-state index in [1.165, 1.54) is 12.2 Å². The number of hydrogen-bond acceptors (Lipinski definition) is 5. The third-order valence-corrected chi connectivity index (χ3v) is 4.04. The van der Waals surface area contributed by atoms with Crippen LogP contribution in [0.3, 0.4) is 0 Å². The third-order valence-electron chi connectivity index (χ3n) is 2.37. The first-order valence-corrected chi connectivity index (χ1v) is 8.10. The van der Waals surface area contributed by atoms with Crippen LogP contribution in [0.25, 0.3) is 10.2 Å². The molecule has 0 fully saturated rings. The molecule has 0 aliphatic heterocycles. The summed E-state index contributed by atoms with van der Waals surface area (Å²) in [5.74, 6) is 2.06. The van der Waals surface area contributed by atoms with Crippen molar-refractivity contribution in [3.05, 3.63) is 16.7 Å². The summed E-state index contributed by atoms with van der Waals surface area (Å²) in [5, 5.41) is 6.71. The van der Waals surface area contributed by atoms with Crippen LogP contribution in [-0.2, 0) is 0 Å². The average molecular weight is 288 g/mol. The van der Waals surface area contributed by atoms with E-state index in [9.17, 15) is 0 Å². The van der Waals surface area contributed by atoms with E-state index in [-0.39, 0.29) is 0 Å². The molecule has 2 rings (SSSR count). The molecule has 0 aromatic carbocycles. The minimum atomic E-state index is 0.312. The summed E-state index contributed by atoms with van der Waals surface area (Å²) in [4.78, 5) is 9.36. The molecular weight excluding hydrogens is 274 g/mol. The van der Waals surface area contributed by atoms with Gasteiger partial charge in [-0.3, -0.25) is 0 Å². The molecule has 0 radical (unpaired) electrons. The molecule has 17 heavy (non-hydrogen) atoms. The van der Waals surface area contributed by atoms with Crippen LogP contribution in [0.5, 0.6) is 0 Å². The number of aromatic nitrogens is 2. The lowest BCUT2D eigenvalue weighted by Gasteiger charge is -2.06. The maximum atomic E-state index is 5.88. The zero-order valence-corrected chi connectivity index (χ0v) is 12.0. The average Bonchev–Trinajstić information content (AvgIpc) is 2.76. The first-order valence-electron chi connectivity index (χ1n) is 5.45. The molecule has 92 valence electrons. The minimum Gasteiger partial charge on any atom is -0.369 e. The second-order valence-electron chi connectivity index (χ2n) is 3.61. The number of unbranched alkanes of at least 4 members (excludes halogenated alkanes) is 1. The molecule has 0 aliphatic carbocycles. The lowest BCUT2D eigenvalue weighted by atomic mass is 10.3. The van der Waals surface area contributed by atoms with Crippen LogP contribution >= 0.6 is 34.7 Å². The summed E-state index contributed by atoms with van der Waals surface area (Å²) >= 11 is 9.35. The van der Waals surface area contributed by atoms with Crippen LogP contribution in [0.15, 0.2) is 11.4 Å². The maximum Gasteiger partial charge on any atom is 0.225 e. The van der Waals surface area contributed by atoms with E-state index in [0.29, 0.717) is 5.28 Å². The van der Waals surface area contributed by atoms with Gasteiger partial charge in [-0.25, -0.2) is 9.97 Å². The summed E-state index contributed by atoms with van der Waals surface area (Å²) < 4.78 is 0. The molecule has 0 amide bonds. The number of thioether (sulfide) groups is 1. The van der Waals surface area contributed by atoms with Crippen molar-refractivity contribution < 1.29 is 0 Å². The summed E-state index contributed by atoms with van der Waals surface area (Å²) in [5.41, 5.74) is 0. The van der Waals surface area contributed by atoms with Crippen LogP contribution in [0.1, 0.15) is 12.8 Å². The summed E-state index contributed by atoms with van der Waals surface area (Å²) in [7, 11) is 0. The van der Waals surface area contributed by atoms with Crippen LogP contribution in [0.4, 0.5) is 5.82 Å². The van der Waals surface area contributed by atoms with Gasteiger partial charge in [-0.05, 0) is 47.9 Å². The number of nitrogens with one attached hydrogen (secondary N) is 1. The molecule has 6 heteroatoms. The predicted molar refractivity (Wildman–Crippen MR) is 78.5 cm³/mol. The van der Waals surface area contributed by atoms with Gasteiger partial charge in [0.05, 0.1) is 5.39 Å². The van der Waals surface area contributed by atoms with Gasteiger partial charge in [-0.1, -0.05) is 0 Å². The normalized spacial score (nSPS) is 10.9. The Morgan fingerprint density at radius 3 is 3.12 bits per heavy atom. The predicted octanol–water partition coefficient (Wildman–Crippen LogP) is 3.90. The first-order chi connectivity index (χ1) is 8.31. The molecule has 2 aromatic heterocycles. The molecule has 3 nitrogen and oxygen atoms in total. The van der Waals surface area contributed by atoms with Gasteiger partial charge in [0, 0.05) is 6.54 Å². The van der Waals surface area contributed by atoms with Gasteiger partial charge in [0.1, 0.15) is 10.6 Å². The SMILES string of the molecule is CSCCCCNc1nc(Cl)nc2sccc12. The Bertz CT molecular complexity index is 487. The van der Waals surface area contributed by atoms with Crippen molar-refractivity contribution in [2.75, 3.05) is 23.9 Å². The summed E-state index contributed by atoms with van der Waals surface area (Å²) in [6.07, 6.45) is 4.50. The molecule has 0 aliphatic rings. The topological polar surface area (TPSA) is 37.8 Å². The number of nitrogens with zero attached hydrogens (tertiary/aromatic N) is 2.